The van der Waals surface area contributed by atoms with E-state index in [1.54, 1.807) is 45.0 Å². The molecule has 24 heteroatoms. The molecule has 0 bridgehead atoms. The van der Waals surface area contributed by atoms with Crippen LogP contribution in [0, 0.1) is 11.8 Å². The van der Waals surface area contributed by atoms with Gasteiger partial charge in [-0.1, -0.05) is 79.1 Å². The van der Waals surface area contributed by atoms with Crippen molar-refractivity contribution in [3.05, 3.63) is 65.8 Å². The molecule has 0 aromatic heterocycles. The number of benzene rings is 1. The number of nitrogens with one attached hydrogen (secondary N) is 8. The van der Waals surface area contributed by atoms with Crippen molar-refractivity contribution < 1.29 is 66.8 Å². The molecule has 0 radical (unpaired) electrons. The normalized spacial score (nSPS) is 22.8. The summed E-state index contributed by atoms with van der Waals surface area (Å²) < 4.78 is 28.9. The summed E-state index contributed by atoms with van der Waals surface area (Å²) in [6, 6.07) is 3.64. The third-order valence-electron chi connectivity index (χ3n) is 13.7. The Kier molecular flexibility index (Phi) is 28.1. The van der Waals surface area contributed by atoms with E-state index in [2.05, 4.69) is 71.5 Å². The molecule has 10 N–H and O–H groups in total. The maximum absolute atomic E-state index is 13.6. The number of carbonyl (C=O) groups excluding carboxylic acids is 9. The number of esters is 1. The van der Waals surface area contributed by atoms with Gasteiger partial charge in [-0.15, -0.1) is 0 Å². The molecule has 3 saturated heterocycles. The Morgan fingerprint density at radius 1 is 0.838 bits per heavy atom. The summed E-state index contributed by atoms with van der Waals surface area (Å²) in [6.45, 7) is 13.6. The average molecular weight is 1190 g/mol. The molecule has 1 aromatic rings. The second-order valence-electron chi connectivity index (χ2n) is 21.1. The van der Waals surface area contributed by atoms with Crippen LogP contribution in [0.15, 0.2) is 60.2 Å². The summed E-state index contributed by atoms with van der Waals surface area (Å²) in [4.78, 5) is 112. The van der Waals surface area contributed by atoms with Gasteiger partial charge in [0, 0.05) is 51.0 Å². The second-order valence-corrected chi connectivity index (χ2v) is 21.7. The smallest absolute Gasteiger partial charge is 0.408 e. The minimum atomic E-state index is -1.04. The van der Waals surface area contributed by atoms with Gasteiger partial charge in [-0.05, 0) is 94.9 Å². The van der Waals surface area contributed by atoms with E-state index >= 15 is 0 Å². The van der Waals surface area contributed by atoms with E-state index in [1.165, 1.54) is 19.1 Å². The molecular formula is C56H84BrN9O14. The van der Waals surface area contributed by atoms with Crippen LogP contribution in [0.2, 0.25) is 0 Å². The van der Waals surface area contributed by atoms with Crippen molar-refractivity contribution >= 4 is 75.2 Å². The maximum Gasteiger partial charge on any atom is 0.408 e. The molecule has 3 aliphatic rings. The fourth-order valence-electron chi connectivity index (χ4n) is 9.18. The highest BCUT2D eigenvalue weighted by atomic mass is 79.9. The Morgan fingerprint density at radius 2 is 1.56 bits per heavy atom. The summed E-state index contributed by atoms with van der Waals surface area (Å²) in [7, 11) is 0. The Hall–Kier alpha value is -6.37. The van der Waals surface area contributed by atoms with E-state index in [-0.39, 0.29) is 110 Å². The van der Waals surface area contributed by atoms with Gasteiger partial charge in [0.15, 0.2) is 0 Å². The Balaban J connectivity index is 1.17. The molecule has 1 aromatic carbocycles. The van der Waals surface area contributed by atoms with E-state index in [0.717, 1.165) is 12.0 Å². The van der Waals surface area contributed by atoms with Crippen molar-refractivity contribution in [1.82, 2.24) is 37.2 Å². The first-order valence-electron chi connectivity index (χ1n) is 27.5. The number of alkyl carbamates (subject to hydrolysis) is 1. The van der Waals surface area contributed by atoms with E-state index < -0.39 is 54.2 Å². The molecule has 80 heavy (non-hydrogen) atoms. The number of amides is 9. The van der Waals surface area contributed by atoms with Crippen molar-refractivity contribution in [2.75, 3.05) is 37.0 Å². The third kappa shape index (κ3) is 25.4. The molecule has 4 rings (SSSR count). The number of hydrogen-bond donors (Lipinski definition) is 9. The summed E-state index contributed by atoms with van der Waals surface area (Å²) in [6.07, 6.45) is 12.1. The van der Waals surface area contributed by atoms with Gasteiger partial charge in [-0.2, -0.15) is 0 Å². The van der Waals surface area contributed by atoms with Crippen LogP contribution in [-0.4, -0.2) is 139 Å². The lowest BCUT2D eigenvalue weighted by Crippen LogP contribution is -2.54. The summed E-state index contributed by atoms with van der Waals surface area (Å²) in [5, 5.41) is 22.0. The highest BCUT2D eigenvalue weighted by Gasteiger charge is 2.51. The summed E-state index contributed by atoms with van der Waals surface area (Å²) >= 11 is 3.09. The molecule has 444 valence electrons. The molecule has 10 unspecified atom stereocenters. The molecule has 3 aliphatic heterocycles. The summed E-state index contributed by atoms with van der Waals surface area (Å²) in [5.74, 6) is -2.66. The van der Waals surface area contributed by atoms with Gasteiger partial charge >= 0.3 is 18.1 Å². The number of rotatable bonds is 31. The van der Waals surface area contributed by atoms with Crippen molar-refractivity contribution in [3.63, 3.8) is 0 Å². The highest BCUT2D eigenvalue weighted by molar-refractivity contribution is 9.09. The SMILES string of the molecule is CC(=O)OC(C)C=CC(=O)NC1CC(C)C(CC=C(C)C=CC2CC3(CO3)CC(CC(=O)NCNC(=O)OCc3ccc(NC(=O)C(CCCNC(N)=O)NC(=O)C(NC(=O)CCCCCNC(=O)CBr)C(C)C)cc3)O2)OC1C. The first-order valence-corrected chi connectivity index (χ1v) is 28.6. The number of allylic oxidation sites excluding steroid dienone is 2. The molecule has 3 fully saturated rings. The average Bonchev–Trinajstić information content (AvgIpc) is 4.14. The largest absolute Gasteiger partial charge is 0.459 e. The quantitative estimate of drug-likeness (QED) is 0.00943. The molecule has 1 spiro atoms. The van der Waals surface area contributed by atoms with E-state index in [9.17, 15) is 43.2 Å². The van der Waals surface area contributed by atoms with Crippen LogP contribution in [0.4, 0.5) is 15.3 Å². The standard InChI is InChI=1S/C56H84BrN9O14/c1-34(2)51(66-47(68)13-9-8-10-24-59-50(71)30-57)53(73)65-44(12-11-25-60-54(58)74)52(72)63-41-19-17-40(18-20-41)31-76-55(75)62-33-61-49(70)27-43-29-56(32-77-56)28-42(80-43)21-14-35(3)15-22-46-36(4)26-45(38(6)79-46)64-48(69)23-16-37(5)78-39(7)67/h14-21,23,34,36-38,42-46,51H,8-13,22,24-33H2,1-7H3,(H,59,71)(H,61,70)(H,62,75)(H,63,72)(H,64,69)(H,65,73)(H,66,68)(H3,58,60,74). The number of carbonyl (C=O) groups is 9. The lowest BCUT2D eigenvalue weighted by molar-refractivity contribution is -0.143. The molecule has 3 heterocycles. The Labute approximate surface area is 477 Å². The van der Waals surface area contributed by atoms with Gasteiger partial charge in [0.2, 0.25) is 35.4 Å². The third-order valence-corrected chi connectivity index (χ3v) is 14.2. The first kappa shape index (κ1) is 66.1. The Morgan fingerprint density at radius 3 is 2.24 bits per heavy atom. The minimum Gasteiger partial charge on any atom is -0.459 e. The van der Waals surface area contributed by atoms with Crippen molar-refractivity contribution in [2.45, 2.75) is 180 Å². The molecule has 0 aliphatic carbocycles. The zero-order valence-electron chi connectivity index (χ0n) is 47.2. The van der Waals surface area contributed by atoms with Gasteiger partial charge in [-0.3, -0.25) is 33.6 Å². The number of ether oxygens (including phenoxy) is 5. The monoisotopic (exact) mass is 1190 g/mol. The van der Waals surface area contributed by atoms with E-state index in [0.29, 0.717) is 69.3 Å². The van der Waals surface area contributed by atoms with Crippen molar-refractivity contribution in [1.29, 1.82) is 0 Å². The van der Waals surface area contributed by atoms with Crippen LogP contribution >= 0.6 is 15.9 Å². The van der Waals surface area contributed by atoms with Crippen LogP contribution < -0.4 is 48.3 Å². The second kappa shape index (κ2) is 34.0. The molecule has 23 nitrogen and oxygen atoms in total. The van der Waals surface area contributed by atoms with Gasteiger partial charge in [0.25, 0.3) is 0 Å². The number of hydrogen-bond acceptors (Lipinski definition) is 14. The molecule has 0 saturated carbocycles. The number of nitrogens with two attached hydrogens (primary N) is 1. The van der Waals surface area contributed by atoms with Crippen molar-refractivity contribution in [3.8, 4) is 0 Å². The van der Waals surface area contributed by atoms with Gasteiger partial charge in [-0.25, -0.2) is 9.59 Å². The first-order chi connectivity index (χ1) is 38.0. The van der Waals surface area contributed by atoms with E-state index in [1.807, 2.05) is 26.0 Å². The number of unbranched alkanes of at least 4 members (excludes halogenated alkanes) is 2. The van der Waals surface area contributed by atoms with Gasteiger partial charge in [0.05, 0.1) is 61.1 Å². The fraction of sp³-hybridized carbons (Fsp3) is 0.625. The number of alkyl halides is 1. The van der Waals surface area contributed by atoms with E-state index in [4.69, 9.17) is 29.4 Å². The molecule has 9 amide bonds. The van der Waals surface area contributed by atoms with Crippen LogP contribution in [0.25, 0.3) is 0 Å². The number of anilines is 1. The molecule has 10 atom stereocenters. The fourth-order valence-corrected chi connectivity index (χ4v) is 9.37. The lowest BCUT2D eigenvalue weighted by atomic mass is 9.88. The zero-order chi connectivity index (χ0) is 58.8. The highest BCUT2D eigenvalue weighted by Crippen LogP contribution is 2.43. The Bertz CT molecular complexity index is 2350. The number of urea groups is 1. The zero-order valence-corrected chi connectivity index (χ0v) is 48.7. The van der Waals surface area contributed by atoms with Crippen LogP contribution in [0.1, 0.15) is 125 Å². The summed E-state index contributed by atoms with van der Waals surface area (Å²) in [5.41, 5.74) is 6.88. The topological polar surface area (TPSA) is 325 Å². The lowest BCUT2D eigenvalue weighted by Gasteiger charge is -2.39. The number of primary amides is 1. The number of epoxide rings is 1. The minimum absolute atomic E-state index is 0.0343. The van der Waals surface area contributed by atoms with Crippen molar-refractivity contribution in [2.24, 2.45) is 17.6 Å². The molecular weight excluding hydrogens is 1100 g/mol. The predicted molar refractivity (Wildman–Crippen MR) is 301 cm³/mol. The number of halogens is 1. The van der Waals surface area contributed by atoms with Gasteiger partial charge < -0.3 is 72.0 Å². The van der Waals surface area contributed by atoms with Crippen LogP contribution in [-0.2, 0) is 63.9 Å². The van der Waals surface area contributed by atoms with Crippen LogP contribution in [0.5, 0.6) is 0 Å². The van der Waals surface area contributed by atoms with Gasteiger partial charge in [0.1, 0.15) is 24.8 Å². The predicted octanol–water partition coefficient (Wildman–Crippen LogP) is 4.48. The maximum atomic E-state index is 13.6. The van der Waals surface area contributed by atoms with Crippen LogP contribution in [0.3, 0.4) is 0 Å².